The Labute approximate surface area is 96.7 Å². The zero-order chi connectivity index (χ0) is 12.0. The smallest absolute Gasteiger partial charge is 0.332 e. The van der Waals surface area contributed by atoms with Crippen LogP contribution in [0.1, 0.15) is 10.4 Å². The molecule has 0 aliphatic heterocycles. The third-order valence-electron chi connectivity index (χ3n) is 1.71. The van der Waals surface area contributed by atoms with Crippen LogP contribution >= 0.6 is 11.8 Å². The summed E-state index contributed by atoms with van der Waals surface area (Å²) in [4.78, 5) is 27.0. The van der Waals surface area contributed by atoms with Crippen LogP contribution in [0.5, 0.6) is 0 Å². The number of hydrogen-bond donors (Lipinski definition) is 2. The number of hydrogen-bond acceptors (Lipinski definition) is 4. The van der Waals surface area contributed by atoms with Gasteiger partial charge >= 0.3 is 5.97 Å². The first-order valence-corrected chi connectivity index (χ1v) is 5.64. The fraction of sp³-hybridized carbons (Fsp3) is 0.200. The van der Waals surface area contributed by atoms with E-state index in [2.05, 4.69) is 10.3 Å². The molecule has 0 aliphatic carbocycles. The first-order chi connectivity index (χ1) is 7.65. The highest BCUT2D eigenvalue weighted by molar-refractivity contribution is 7.98. The Kier molecular flexibility index (Phi) is 4.81. The number of nitrogens with one attached hydrogen (secondary N) is 1. The molecule has 0 heterocycles. The number of carbonyl (C=O) groups is 2. The van der Waals surface area contributed by atoms with E-state index in [1.54, 1.807) is 18.2 Å². The average Bonchev–Trinajstić information content (AvgIpc) is 2.28. The predicted molar refractivity (Wildman–Crippen MR) is 59.3 cm³/mol. The molecule has 2 N–H and O–H groups in total. The number of amides is 1. The Hall–Kier alpha value is -1.53. The molecule has 1 rings (SSSR count). The van der Waals surface area contributed by atoms with Crippen molar-refractivity contribution in [3.8, 4) is 0 Å². The lowest BCUT2D eigenvalue weighted by Crippen LogP contribution is -2.27. The van der Waals surface area contributed by atoms with Crippen LogP contribution in [0.15, 0.2) is 29.2 Å². The van der Waals surface area contributed by atoms with Gasteiger partial charge in [-0.15, -0.1) is 11.8 Å². The van der Waals surface area contributed by atoms with Crippen molar-refractivity contribution in [1.82, 2.24) is 5.48 Å². The van der Waals surface area contributed by atoms with Crippen LogP contribution in [0.2, 0.25) is 0 Å². The van der Waals surface area contributed by atoms with Crippen LogP contribution in [0.25, 0.3) is 0 Å². The third kappa shape index (κ3) is 3.56. The highest BCUT2D eigenvalue weighted by Gasteiger charge is 2.10. The number of carboxylic acids is 1. The molecule has 86 valence electrons. The van der Waals surface area contributed by atoms with E-state index in [1.807, 2.05) is 12.3 Å². The van der Waals surface area contributed by atoms with E-state index in [0.29, 0.717) is 5.56 Å². The fourth-order valence-corrected chi connectivity index (χ4v) is 1.65. The lowest BCUT2D eigenvalue weighted by Gasteiger charge is -2.07. The molecule has 1 aromatic carbocycles. The summed E-state index contributed by atoms with van der Waals surface area (Å²) in [6.45, 7) is -0.562. The molecule has 16 heavy (non-hydrogen) atoms. The second-order valence-corrected chi connectivity index (χ2v) is 3.66. The molecule has 1 amide bonds. The predicted octanol–water partition coefficient (Wildman–Crippen LogP) is 1.15. The number of hydroxylamine groups is 1. The van der Waals surface area contributed by atoms with Crippen LogP contribution in [0.3, 0.4) is 0 Å². The Morgan fingerprint density at radius 2 is 2.12 bits per heavy atom. The van der Waals surface area contributed by atoms with Crippen molar-refractivity contribution in [1.29, 1.82) is 0 Å². The molecule has 5 nitrogen and oxygen atoms in total. The van der Waals surface area contributed by atoms with Gasteiger partial charge in [-0.2, -0.15) is 0 Å². The quantitative estimate of drug-likeness (QED) is 0.597. The molecule has 0 bridgehead atoms. The number of carboxylic acid groups (broad SMARTS) is 1. The normalized spacial score (nSPS) is 9.81. The monoisotopic (exact) mass is 241 g/mol. The zero-order valence-electron chi connectivity index (χ0n) is 8.60. The van der Waals surface area contributed by atoms with Gasteiger partial charge in [-0.1, -0.05) is 12.1 Å². The lowest BCUT2D eigenvalue weighted by atomic mass is 10.2. The van der Waals surface area contributed by atoms with Crippen LogP contribution in [-0.2, 0) is 9.63 Å². The summed E-state index contributed by atoms with van der Waals surface area (Å²) in [6, 6.07) is 6.99. The van der Waals surface area contributed by atoms with E-state index in [1.165, 1.54) is 11.8 Å². The minimum Gasteiger partial charge on any atom is -0.479 e. The summed E-state index contributed by atoms with van der Waals surface area (Å²) in [5, 5.41) is 8.32. The van der Waals surface area contributed by atoms with E-state index < -0.39 is 18.5 Å². The van der Waals surface area contributed by atoms with Gasteiger partial charge in [-0.05, 0) is 18.4 Å². The summed E-state index contributed by atoms with van der Waals surface area (Å²) in [5.74, 6) is -1.59. The second kappa shape index (κ2) is 6.14. The van der Waals surface area contributed by atoms with Crippen LogP contribution in [-0.4, -0.2) is 29.8 Å². The number of benzene rings is 1. The summed E-state index contributed by atoms with van der Waals surface area (Å²) >= 11 is 1.43. The summed E-state index contributed by atoms with van der Waals surface area (Å²) in [7, 11) is 0. The van der Waals surface area contributed by atoms with Crippen molar-refractivity contribution in [2.45, 2.75) is 4.90 Å². The molecule has 0 atom stereocenters. The van der Waals surface area contributed by atoms with Gasteiger partial charge in [0.05, 0.1) is 5.56 Å². The van der Waals surface area contributed by atoms with Gasteiger partial charge in [0.25, 0.3) is 5.91 Å². The van der Waals surface area contributed by atoms with Crippen LogP contribution < -0.4 is 5.48 Å². The van der Waals surface area contributed by atoms with E-state index in [9.17, 15) is 9.59 Å². The third-order valence-corrected chi connectivity index (χ3v) is 2.51. The summed E-state index contributed by atoms with van der Waals surface area (Å²) < 4.78 is 0. The molecule has 0 aromatic heterocycles. The van der Waals surface area contributed by atoms with Crippen molar-refractivity contribution in [2.75, 3.05) is 12.9 Å². The first-order valence-electron chi connectivity index (χ1n) is 4.42. The van der Waals surface area contributed by atoms with Gasteiger partial charge < -0.3 is 5.11 Å². The maximum absolute atomic E-state index is 11.6. The molecule has 0 saturated carbocycles. The number of thioether (sulfide) groups is 1. The van der Waals surface area contributed by atoms with Gasteiger partial charge in [0.15, 0.2) is 6.61 Å². The van der Waals surface area contributed by atoms with Crippen molar-refractivity contribution in [3.05, 3.63) is 29.8 Å². The second-order valence-electron chi connectivity index (χ2n) is 2.81. The van der Waals surface area contributed by atoms with Crippen LogP contribution in [0.4, 0.5) is 0 Å². The van der Waals surface area contributed by atoms with Crippen LogP contribution in [0, 0.1) is 0 Å². The molecule has 0 saturated heterocycles. The maximum Gasteiger partial charge on any atom is 0.332 e. The van der Waals surface area contributed by atoms with Gasteiger partial charge in [-0.3, -0.25) is 9.63 Å². The SMILES string of the molecule is CSc1ccccc1C(=O)NOCC(=O)O. The van der Waals surface area contributed by atoms with E-state index in [-0.39, 0.29) is 0 Å². The molecular weight excluding hydrogens is 230 g/mol. The van der Waals surface area contributed by atoms with Crippen molar-refractivity contribution >= 4 is 23.6 Å². The van der Waals surface area contributed by atoms with Crippen molar-refractivity contribution < 1.29 is 19.5 Å². The Bertz CT molecular complexity index is 394. The van der Waals surface area contributed by atoms with Crippen molar-refractivity contribution in [3.63, 3.8) is 0 Å². The Morgan fingerprint density at radius 3 is 2.75 bits per heavy atom. The standard InChI is InChI=1S/C10H11NO4S/c1-16-8-5-3-2-4-7(8)10(14)11-15-6-9(12)13/h2-5H,6H2,1H3,(H,11,14)(H,12,13). The van der Waals surface area contributed by atoms with Gasteiger partial charge in [0, 0.05) is 4.90 Å². The average molecular weight is 241 g/mol. The molecule has 0 unspecified atom stereocenters. The lowest BCUT2D eigenvalue weighted by molar-refractivity contribution is -0.144. The topological polar surface area (TPSA) is 75.6 Å². The van der Waals surface area contributed by atoms with Crippen molar-refractivity contribution in [2.24, 2.45) is 0 Å². The number of carbonyl (C=O) groups excluding carboxylic acids is 1. The van der Waals surface area contributed by atoms with Gasteiger partial charge in [-0.25, -0.2) is 10.3 Å². The summed E-state index contributed by atoms with van der Waals surface area (Å²) in [6.07, 6.45) is 1.85. The van der Waals surface area contributed by atoms with E-state index >= 15 is 0 Å². The van der Waals surface area contributed by atoms with Gasteiger partial charge in [0.1, 0.15) is 0 Å². The van der Waals surface area contributed by atoms with E-state index in [4.69, 9.17) is 5.11 Å². The molecular formula is C10H11NO4S. The molecule has 0 spiro atoms. The highest BCUT2D eigenvalue weighted by Crippen LogP contribution is 2.19. The highest BCUT2D eigenvalue weighted by atomic mass is 32.2. The number of rotatable bonds is 5. The van der Waals surface area contributed by atoms with E-state index in [0.717, 1.165) is 4.90 Å². The maximum atomic E-state index is 11.6. The molecule has 0 fully saturated rings. The van der Waals surface area contributed by atoms with Gasteiger partial charge in [0.2, 0.25) is 0 Å². The molecule has 0 radical (unpaired) electrons. The Balaban J connectivity index is 2.62. The molecule has 6 heteroatoms. The fourth-order valence-electron chi connectivity index (χ4n) is 1.05. The molecule has 0 aliphatic rings. The minimum atomic E-state index is -1.14. The molecule has 1 aromatic rings. The Morgan fingerprint density at radius 1 is 1.44 bits per heavy atom. The first kappa shape index (κ1) is 12.5. The largest absolute Gasteiger partial charge is 0.479 e. The minimum absolute atomic E-state index is 0.453. The number of aliphatic carboxylic acids is 1. The summed E-state index contributed by atoms with van der Waals surface area (Å²) in [5.41, 5.74) is 2.53. The zero-order valence-corrected chi connectivity index (χ0v) is 9.41.